The van der Waals surface area contributed by atoms with Crippen LogP contribution in [0.15, 0.2) is 53.7 Å². The van der Waals surface area contributed by atoms with Gasteiger partial charge < -0.3 is 14.6 Å². The van der Waals surface area contributed by atoms with Crippen LogP contribution in [-0.4, -0.2) is 34.9 Å². The molecule has 5 nitrogen and oxygen atoms in total. The van der Waals surface area contributed by atoms with Crippen molar-refractivity contribution >= 4 is 28.7 Å². The van der Waals surface area contributed by atoms with Crippen molar-refractivity contribution in [2.45, 2.75) is 24.7 Å². The van der Waals surface area contributed by atoms with Gasteiger partial charge in [-0.1, -0.05) is 36.0 Å². The molecule has 0 spiro atoms. The fraction of sp³-hybridized carbons (Fsp3) is 0.300. The van der Waals surface area contributed by atoms with Crippen LogP contribution in [0.3, 0.4) is 0 Å². The molecule has 1 amide bonds. The van der Waals surface area contributed by atoms with Crippen LogP contribution in [0.5, 0.6) is 0 Å². The third-order valence-corrected chi connectivity index (χ3v) is 5.19. The van der Waals surface area contributed by atoms with Gasteiger partial charge in [0, 0.05) is 13.7 Å². The van der Waals surface area contributed by atoms with Gasteiger partial charge in [0.2, 0.25) is 5.91 Å². The monoisotopic (exact) mass is 387 g/mol. The zero-order valence-electron chi connectivity index (χ0n) is 15.3. The van der Waals surface area contributed by atoms with E-state index in [9.17, 15) is 9.18 Å². The van der Waals surface area contributed by atoms with Gasteiger partial charge in [0.1, 0.15) is 5.82 Å². The molecule has 0 aliphatic rings. The van der Waals surface area contributed by atoms with E-state index < -0.39 is 0 Å². The lowest BCUT2D eigenvalue weighted by Gasteiger charge is -2.14. The van der Waals surface area contributed by atoms with Gasteiger partial charge in [-0.05, 0) is 36.8 Å². The molecule has 0 radical (unpaired) electrons. The highest BCUT2D eigenvalue weighted by Crippen LogP contribution is 2.24. The zero-order chi connectivity index (χ0) is 19.2. The average Bonchev–Trinajstić information content (AvgIpc) is 3.02. The fourth-order valence-electron chi connectivity index (χ4n) is 2.81. The van der Waals surface area contributed by atoms with E-state index in [1.165, 1.54) is 23.9 Å². The van der Waals surface area contributed by atoms with Crippen molar-refractivity contribution in [2.24, 2.45) is 0 Å². The van der Waals surface area contributed by atoms with Gasteiger partial charge in [-0.25, -0.2) is 9.37 Å². The van der Waals surface area contributed by atoms with Crippen molar-refractivity contribution in [1.29, 1.82) is 0 Å². The smallest absolute Gasteiger partial charge is 0.230 e. The number of fused-ring (bicyclic) bond motifs is 1. The number of carbonyl (C=O) groups is 1. The summed E-state index contributed by atoms with van der Waals surface area (Å²) in [6, 6.07) is 13.8. The number of nitrogens with one attached hydrogen (secondary N) is 1. The number of aromatic nitrogens is 2. The minimum atomic E-state index is -0.289. The van der Waals surface area contributed by atoms with Crippen molar-refractivity contribution in [3.8, 4) is 0 Å². The summed E-state index contributed by atoms with van der Waals surface area (Å²) < 4.78 is 20.3. The first-order valence-corrected chi connectivity index (χ1v) is 9.69. The van der Waals surface area contributed by atoms with Crippen LogP contribution in [0.25, 0.3) is 11.0 Å². The van der Waals surface area contributed by atoms with E-state index in [2.05, 4.69) is 14.9 Å². The summed E-state index contributed by atoms with van der Waals surface area (Å²) in [6.45, 7) is 3.12. The third kappa shape index (κ3) is 4.87. The van der Waals surface area contributed by atoms with Crippen molar-refractivity contribution < 1.29 is 13.9 Å². The Kier molecular flexibility index (Phi) is 6.47. The molecule has 3 rings (SSSR count). The average molecular weight is 387 g/mol. The number of carbonyl (C=O) groups excluding carboxylic acids is 1. The number of ether oxygens (including phenoxy) is 1. The topological polar surface area (TPSA) is 56.1 Å². The van der Waals surface area contributed by atoms with E-state index >= 15 is 0 Å². The van der Waals surface area contributed by atoms with Gasteiger partial charge in [0.25, 0.3) is 0 Å². The number of thioether (sulfide) groups is 1. The maximum Gasteiger partial charge on any atom is 0.230 e. The van der Waals surface area contributed by atoms with Gasteiger partial charge in [0.15, 0.2) is 5.16 Å². The molecule has 0 saturated heterocycles. The maximum absolute atomic E-state index is 13.0. The Labute approximate surface area is 161 Å². The molecular weight excluding hydrogens is 365 g/mol. The van der Waals surface area contributed by atoms with Gasteiger partial charge in [-0.15, -0.1) is 0 Å². The molecule has 1 atom stereocenters. The third-order valence-electron chi connectivity index (χ3n) is 4.22. The van der Waals surface area contributed by atoms with Crippen molar-refractivity contribution in [1.82, 2.24) is 14.9 Å². The standard InChI is InChI=1S/C20H22FN3O2S/c1-14(15-7-9-16(21)10-8-15)22-19(25)13-27-20-23-17-5-3-4-6-18(17)24(20)11-12-26-2/h3-10,14H,11-13H2,1-2H3,(H,22,25)/t14-/m1/s1. The Morgan fingerprint density at radius 1 is 1.26 bits per heavy atom. The van der Waals surface area contributed by atoms with Crippen LogP contribution in [0.1, 0.15) is 18.5 Å². The highest BCUT2D eigenvalue weighted by atomic mass is 32.2. The highest BCUT2D eigenvalue weighted by molar-refractivity contribution is 7.99. The van der Waals surface area contributed by atoms with Crippen molar-refractivity contribution in [2.75, 3.05) is 19.5 Å². The highest BCUT2D eigenvalue weighted by Gasteiger charge is 2.14. The van der Waals surface area contributed by atoms with Crippen LogP contribution >= 0.6 is 11.8 Å². The number of imidazole rings is 1. The number of amides is 1. The minimum Gasteiger partial charge on any atom is -0.383 e. The molecule has 0 saturated carbocycles. The first kappa shape index (κ1) is 19.4. The number of para-hydroxylation sites is 2. The second-order valence-electron chi connectivity index (χ2n) is 6.16. The molecule has 1 N–H and O–H groups in total. The number of rotatable bonds is 8. The fourth-order valence-corrected chi connectivity index (χ4v) is 3.66. The molecule has 3 aromatic rings. The van der Waals surface area contributed by atoms with Gasteiger partial charge >= 0.3 is 0 Å². The molecule has 1 aromatic heterocycles. The van der Waals surface area contributed by atoms with E-state index in [1.54, 1.807) is 19.2 Å². The lowest BCUT2D eigenvalue weighted by Crippen LogP contribution is -2.28. The number of benzene rings is 2. The van der Waals surface area contributed by atoms with E-state index in [0.717, 1.165) is 21.8 Å². The van der Waals surface area contributed by atoms with Gasteiger partial charge in [-0.3, -0.25) is 4.79 Å². The van der Waals surface area contributed by atoms with E-state index in [0.29, 0.717) is 13.2 Å². The van der Waals surface area contributed by atoms with Gasteiger partial charge in [0.05, 0.1) is 29.4 Å². The molecule has 0 fully saturated rings. The Morgan fingerprint density at radius 2 is 2.00 bits per heavy atom. The molecule has 2 aromatic carbocycles. The predicted molar refractivity (Wildman–Crippen MR) is 105 cm³/mol. The SMILES string of the molecule is COCCn1c(SCC(=O)N[C@H](C)c2ccc(F)cc2)nc2ccccc21. The maximum atomic E-state index is 13.0. The largest absolute Gasteiger partial charge is 0.383 e. The lowest BCUT2D eigenvalue weighted by atomic mass is 10.1. The molecular formula is C20H22FN3O2S. The second-order valence-corrected chi connectivity index (χ2v) is 7.10. The number of hydrogen-bond donors (Lipinski definition) is 1. The number of methoxy groups -OCH3 is 1. The van der Waals surface area contributed by atoms with E-state index in [4.69, 9.17) is 4.74 Å². The zero-order valence-corrected chi connectivity index (χ0v) is 16.1. The Bertz CT molecular complexity index is 911. The van der Waals surface area contributed by atoms with Gasteiger partial charge in [-0.2, -0.15) is 0 Å². The van der Waals surface area contributed by atoms with E-state index in [-0.39, 0.29) is 23.5 Å². The molecule has 27 heavy (non-hydrogen) atoms. The molecule has 0 bridgehead atoms. The Balaban J connectivity index is 1.65. The Morgan fingerprint density at radius 3 is 2.74 bits per heavy atom. The summed E-state index contributed by atoms with van der Waals surface area (Å²) in [7, 11) is 1.66. The first-order valence-electron chi connectivity index (χ1n) is 8.70. The molecule has 1 heterocycles. The second kappa shape index (κ2) is 9.01. The summed E-state index contributed by atoms with van der Waals surface area (Å²) in [5.74, 6) is -0.132. The first-order chi connectivity index (χ1) is 13.1. The summed E-state index contributed by atoms with van der Waals surface area (Å²) in [5, 5.41) is 3.73. The van der Waals surface area contributed by atoms with Crippen LogP contribution in [0.4, 0.5) is 4.39 Å². The number of nitrogens with zero attached hydrogens (tertiary/aromatic N) is 2. The summed E-state index contributed by atoms with van der Waals surface area (Å²) in [6.07, 6.45) is 0. The molecule has 142 valence electrons. The van der Waals surface area contributed by atoms with E-state index in [1.807, 2.05) is 31.2 Å². The molecule has 0 unspecified atom stereocenters. The van der Waals surface area contributed by atoms with Crippen LogP contribution < -0.4 is 5.32 Å². The van der Waals surface area contributed by atoms with Crippen molar-refractivity contribution in [3.05, 3.63) is 59.9 Å². The van der Waals surface area contributed by atoms with Crippen LogP contribution in [-0.2, 0) is 16.1 Å². The van der Waals surface area contributed by atoms with Crippen LogP contribution in [0, 0.1) is 5.82 Å². The number of halogens is 1. The summed E-state index contributed by atoms with van der Waals surface area (Å²) in [4.78, 5) is 17.0. The lowest BCUT2D eigenvalue weighted by molar-refractivity contribution is -0.119. The quantitative estimate of drug-likeness (QED) is 0.598. The normalized spacial score (nSPS) is 12.3. The number of hydrogen-bond acceptors (Lipinski definition) is 4. The molecule has 7 heteroatoms. The summed E-state index contributed by atoms with van der Waals surface area (Å²) >= 11 is 1.40. The molecule has 0 aliphatic heterocycles. The van der Waals surface area contributed by atoms with Crippen molar-refractivity contribution in [3.63, 3.8) is 0 Å². The predicted octanol–water partition coefficient (Wildman–Crippen LogP) is 3.79. The Hall–Kier alpha value is -2.38. The minimum absolute atomic E-state index is 0.0952. The summed E-state index contributed by atoms with van der Waals surface area (Å²) in [5.41, 5.74) is 2.79. The van der Waals surface area contributed by atoms with Crippen LogP contribution in [0.2, 0.25) is 0 Å². The molecule has 0 aliphatic carbocycles.